The lowest BCUT2D eigenvalue weighted by Gasteiger charge is -2.50. The minimum atomic E-state index is -5.83. The van der Waals surface area contributed by atoms with Gasteiger partial charge in [-0.2, -0.15) is 46.8 Å². The summed E-state index contributed by atoms with van der Waals surface area (Å²) in [4.78, 5) is 50.3. The van der Waals surface area contributed by atoms with Crippen LogP contribution in [0.2, 0.25) is 0 Å². The van der Waals surface area contributed by atoms with Crippen molar-refractivity contribution in [2.24, 2.45) is 5.73 Å². The summed E-state index contributed by atoms with van der Waals surface area (Å²) >= 11 is 0. The first-order valence-corrected chi connectivity index (χ1v) is 32.2. The molecule has 0 aromatic carbocycles. The van der Waals surface area contributed by atoms with Crippen molar-refractivity contribution in [1.29, 1.82) is 0 Å². The molecule has 0 radical (unpaired) electrons. The number of aliphatic hydroxyl groups is 10. The van der Waals surface area contributed by atoms with E-state index in [4.69, 9.17) is 57.8 Å². The summed E-state index contributed by atoms with van der Waals surface area (Å²) in [6, 6.07) is -7.10. The van der Waals surface area contributed by atoms with E-state index in [0.717, 1.165) is 6.92 Å². The van der Waals surface area contributed by atoms with Gasteiger partial charge in [0.1, 0.15) is 110 Å². The SMILES string of the molecule is CC(=O)N[C@H]1[C@@H](O[C@H]2[C@H](O)[C@@H](O)[C@H](O[C@H]3[C@H](OS(=O)(=O)O)[C@@H](N)[C@@H](O)O[C@@H]3CO)O[C@@H]2C(=O)O)O[C@H](COS(=O)(=O)O)[C@@H](O[C@@H]2O[C@@H](C(=O)O)[C@@H](O[C@H]3O[C@H](COS(=O)(=O)O)[C@@H](O[C@@H]4OC(C(=O)O)=C(O)[C@H](O)[C@H]4OS(=O)(=O)O)[C@H](O)[C@H]3NS(=O)(=O)O)[C@H](O)[C@H]2O)[C@@H]1O. The van der Waals surface area contributed by atoms with Gasteiger partial charge in [-0.1, -0.05) is 0 Å². The van der Waals surface area contributed by atoms with Gasteiger partial charge in [0.05, 0.1) is 25.9 Å². The summed E-state index contributed by atoms with van der Waals surface area (Å²) in [6.45, 7) is -3.84. The normalized spacial score (nSPS) is 40.8. The van der Waals surface area contributed by atoms with Gasteiger partial charge < -0.3 is 130 Å². The third-order valence-corrected chi connectivity index (χ3v) is 16.0. The minimum absolute atomic E-state index is 0.731. The maximum Gasteiger partial charge on any atom is 0.397 e. The number of hydrogen-bond donors (Lipinski definition) is 21. The van der Waals surface area contributed by atoms with Crippen LogP contribution in [0.25, 0.3) is 0 Å². The van der Waals surface area contributed by atoms with E-state index < -0.39 is 279 Å². The molecule has 1 amide bonds. The molecule has 55 heteroatoms. The highest BCUT2D eigenvalue weighted by Crippen LogP contribution is 2.38. The molecule has 0 saturated carbocycles. The molecule has 28 atom stereocenters. The van der Waals surface area contributed by atoms with Gasteiger partial charge in [0.15, 0.2) is 55.5 Å². The summed E-state index contributed by atoms with van der Waals surface area (Å²) in [5.41, 5.74) is 5.75. The van der Waals surface area contributed by atoms with Crippen LogP contribution in [0.3, 0.4) is 0 Å². The number of aliphatic carboxylic acids is 3. The molecule has 0 spiro atoms. The zero-order valence-corrected chi connectivity index (χ0v) is 49.9. The molecule has 5 saturated heterocycles. The number of aliphatic hydroxyl groups excluding tert-OH is 10. The Morgan fingerprint density at radius 1 is 0.495 bits per heavy atom. The Morgan fingerprint density at radius 2 is 0.903 bits per heavy atom. The molecule has 93 heavy (non-hydrogen) atoms. The second-order valence-corrected chi connectivity index (χ2v) is 25.5. The fourth-order valence-corrected chi connectivity index (χ4v) is 11.9. The summed E-state index contributed by atoms with van der Waals surface area (Å²) < 4.78 is 244. The third-order valence-electron chi connectivity index (χ3n) is 13.7. The molecular formula is C38H59N3O47S5. The third kappa shape index (κ3) is 19.8. The zero-order chi connectivity index (χ0) is 70.3. The van der Waals surface area contributed by atoms with Crippen LogP contribution in [-0.4, -0.2) is 347 Å². The fourth-order valence-electron chi connectivity index (χ4n) is 9.74. The van der Waals surface area contributed by atoms with Crippen molar-refractivity contribution in [2.75, 3.05) is 19.8 Å². The van der Waals surface area contributed by atoms with E-state index >= 15 is 0 Å². The molecule has 6 rings (SSSR count). The molecule has 0 aromatic rings. The average molecular weight is 1470 g/mol. The van der Waals surface area contributed by atoms with Crippen molar-refractivity contribution >= 4 is 75.7 Å². The standard InChI is InChI=1S/C38H59N3O47S5/c1-5(43)40-10-12(44)20(7(3-74-90(62,63)64)77-34(10)82-24-17(49)19(51)37(86-28(24)31(54)55)81-22-6(2-42)76-33(58)9(39)23(22)87-92(68,69)70)79-36-18(50)16(48)25(29(85-36)32(56)57)83-35-11(41-89(59,60)61)13(45)21(8(78-35)4-75-91(65,66)67)80-38-27(88-93(71,72)73)15(47)14(46)26(84-38)30(52)53/h6-13,15-25,27-29,33-38,41-42,44-51,58H,2-4,39H2,1H3,(H,40,43)(H,52,53)(H,54,55)(H,56,57)(H,59,60,61)(H,62,63,64)(H,65,66,67)(H,68,69,70)(H,71,72,73)/t6-,7-,8-,9-,10-,11-,12-,13-,15+,16-,17-,18-,19-,20-,21-,22-,23-,24+,25+,27-,28+,29-,33+,34-,35-,36-,37-,38-/m1/s1. The highest BCUT2D eigenvalue weighted by atomic mass is 32.3. The lowest BCUT2D eigenvalue weighted by molar-refractivity contribution is -0.376. The van der Waals surface area contributed by atoms with Crippen molar-refractivity contribution < 1.29 is 219 Å². The van der Waals surface area contributed by atoms with Crippen LogP contribution >= 0.6 is 0 Å². The van der Waals surface area contributed by atoms with E-state index in [1.54, 1.807) is 0 Å². The van der Waals surface area contributed by atoms with Crippen molar-refractivity contribution in [1.82, 2.24) is 10.0 Å². The van der Waals surface area contributed by atoms with Gasteiger partial charge >= 0.3 is 69.8 Å². The lowest BCUT2D eigenvalue weighted by Crippen LogP contribution is -2.71. The van der Waals surface area contributed by atoms with Crippen LogP contribution in [-0.2, 0) is 140 Å². The van der Waals surface area contributed by atoms with Crippen LogP contribution < -0.4 is 15.8 Å². The molecule has 0 unspecified atom stereocenters. The Bertz CT molecular complexity index is 3290. The van der Waals surface area contributed by atoms with Gasteiger partial charge in [-0.25, -0.2) is 31.1 Å². The maximum atomic E-state index is 13.0. The number of nitrogens with one attached hydrogen (secondary N) is 2. The van der Waals surface area contributed by atoms with Crippen LogP contribution in [0, 0.1) is 0 Å². The Hall–Kier alpha value is -4.23. The molecular weight excluding hydrogens is 1410 g/mol. The number of carboxylic acids is 3. The van der Waals surface area contributed by atoms with Crippen molar-refractivity contribution in [3.63, 3.8) is 0 Å². The van der Waals surface area contributed by atoms with Gasteiger partial charge in [-0.3, -0.25) is 27.6 Å². The van der Waals surface area contributed by atoms with Gasteiger partial charge in [-0.05, 0) is 0 Å². The molecule has 5 fully saturated rings. The maximum absolute atomic E-state index is 13.0. The van der Waals surface area contributed by atoms with E-state index in [1.807, 2.05) is 5.32 Å². The first-order valence-electron chi connectivity index (χ1n) is 25.3. The molecule has 6 aliphatic rings. The number of rotatable bonds is 27. The summed E-state index contributed by atoms with van der Waals surface area (Å²) in [7, 11) is -28.5. The largest absolute Gasteiger partial charge is 0.506 e. The first kappa shape index (κ1) is 77.8. The van der Waals surface area contributed by atoms with E-state index in [9.17, 15) is 150 Å². The van der Waals surface area contributed by atoms with Crippen molar-refractivity contribution in [3.8, 4) is 0 Å². The number of ether oxygens (including phenoxy) is 11. The predicted octanol–water partition coefficient (Wildman–Crippen LogP) is -14.0. The molecule has 0 bridgehead atoms. The van der Waals surface area contributed by atoms with Gasteiger partial charge in [0.2, 0.25) is 18.0 Å². The average Bonchev–Trinajstić information content (AvgIpc) is 0.775. The zero-order valence-electron chi connectivity index (χ0n) is 45.8. The lowest BCUT2D eigenvalue weighted by atomic mass is 9.94. The van der Waals surface area contributed by atoms with Crippen LogP contribution in [0.15, 0.2) is 11.5 Å². The smallest absolute Gasteiger partial charge is 0.397 e. The molecule has 50 nitrogen and oxygen atoms in total. The molecule has 0 aromatic heterocycles. The Balaban J connectivity index is 1.30. The monoisotopic (exact) mass is 1470 g/mol. The Labute approximate surface area is 519 Å². The van der Waals surface area contributed by atoms with Gasteiger partial charge in [0.25, 0.3) is 0 Å². The second-order valence-electron chi connectivity index (χ2n) is 20.1. The van der Waals surface area contributed by atoms with E-state index in [-0.39, 0.29) is 0 Å². The van der Waals surface area contributed by atoms with Crippen LogP contribution in [0.1, 0.15) is 6.92 Å². The number of carboxylic acid groups (broad SMARTS) is 3. The molecule has 6 heterocycles. The number of carbonyl (C=O) groups excluding carboxylic acids is 1. The van der Waals surface area contributed by atoms with Gasteiger partial charge in [-0.15, -0.1) is 0 Å². The summed E-state index contributed by atoms with van der Waals surface area (Å²) in [5, 5.41) is 142. The fraction of sp³-hybridized carbons (Fsp3) is 0.842. The number of amides is 1. The number of hydrogen-bond acceptors (Lipinski definition) is 40. The van der Waals surface area contributed by atoms with Crippen LogP contribution in [0.5, 0.6) is 0 Å². The highest BCUT2D eigenvalue weighted by Gasteiger charge is 2.60. The Morgan fingerprint density at radius 3 is 1.30 bits per heavy atom. The minimum Gasteiger partial charge on any atom is -0.506 e. The molecule has 22 N–H and O–H groups in total. The second kappa shape index (κ2) is 30.3. The van der Waals surface area contributed by atoms with Crippen molar-refractivity contribution in [3.05, 3.63) is 11.5 Å². The van der Waals surface area contributed by atoms with E-state index in [2.05, 4.69) is 16.7 Å². The topological polar surface area (TPSA) is 792 Å². The first-order chi connectivity index (χ1) is 42.6. The summed E-state index contributed by atoms with van der Waals surface area (Å²) in [6.07, 6.45) is -65.9. The molecule has 0 aliphatic carbocycles. The van der Waals surface area contributed by atoms with E-state index in [1.165, 1.54) is 4.72 Å². The summed E-state index contributed by atoms with van der Waals surface area (Å²) in [5.74, 6) is -11.4. The van der Waals surface area contributed by atoms with E-state index in [0.29, 0.717) is 0 Å². The highest BCUT2D eigenvalue weighted by molar-refractivity contribution is 7.83. The Kier molecular flexibility index (Phi) is 25.3. The van der Waals surface area contributed by atoms with Crippen molar-refractivity contribution in [2.45, 2.75) is 179 Å². The molecule has 6 aliphatic heterocycles. The number of carbonyl (C=O) groups is 4. The molecule has 538 valence electrons. The quantitative estimate of drug-likeness (QED) is 0.0340. The van der Waals surface area contributed by atoms with Gasteiger partial charge in [0, 0.05) is 6.92 Å². The van der Waals surface area contributed by atoms with Crippen LogP contribution in [0.4, 0.5) is 0 Å². The number of nitrogens with two attached hydrogens (primary N) is 1. The predicted molar refractivity (Wildman–Crippen MR) is 268 cm³/mol.